The van der Waals surface area contributed by atoms with Crippen LogP contribution in [0.3, 0.4) is 0 Å². The van der Waals surface area contributed by atoms with Gasteiger partial charge in [-0.3, -0.25) is 0 Å². The molecule has 0 fully saturated rings. The van der Waals surface area contributed by atoms with Gasteiger partial charge >= 0.3 is 0 Å². The average Bonchev–Trinajstić information content (AvgIpc) is 3.52. The zero-order valence-corrected chi connectivity index (χ0v) is 26.7. The maximum absolute atomic E-state index is 2.39. The highest BCUT2D eigenvalue weighted by Crippen LogP contribution is 2.37. The van der Waals surface area contributed by atoms with E-state index in [9.17, 15) is 0 Å². The summed E-state index contributed by atoms with van der Waals surface area (Å²) in [4.78, 5) is 2.62. The zero-order valence-electron chi connectivity index (χ0n) is 25.9. The van der Waals surface area contributed by atoms with E-state index in [0.717, 1.165) is 6.42 Å². The predicted octanol–water partition coefficient (Wildman–Crippen LogP) is 12.2. The molecule has 0 saturated carbocycles. The predicted molar refractivity (Wildman–Crippen MR) is 188 cm³/mol. The van der Waals surface area contributed by atoms with Gasteiger partial charge in [0.15, 0.2) is 0 Å². The van der Waals surface area contributed by atoms with Crippen LogP contribution in [0.15, 0.2) is 140 Å². The molecule has 0 spiro atoms. The van der Waals surface area contributed by atoms with Crippen molar-refractivity contribution in [2.75, 3.05) is 0 Å². The summed E-state index contributed by atoms with van der Waals surface area (Å²) in [6.07, 6.45) is 0.974. The first kappa shape index (κ1) is 28.9. The Labute approximate surface area is 261 Å². The number of hydrogen-bond donors (Lipinski definition) is 0. The fraction of sp³-hybridized carbons (Fsp3) is 0.190. The Morgan fingerprint density at radius 2 is 0.953 bits per heavy atom. The lowest BCUT2D eigenvalue weighted by Crippen LogP contribution is -2.20. The van der Waals surface area contributed by atoms with E-state index in [-0.39, 0.29) is 10.8 Å². The largest absolute Gasteiger partial charge is 0.135 e. The fourth-order valence-corrected chi connectivity index (χ4v) is 6.85. The minimum absolute atomic E-state index is 0.00423. The van der Waals surface area contributed by atoms with Gasteiger partial charge in [-0.25, -0.2) is 0 Å². The number of hydrogen-bond acceptors (Lipinski definition) is 1. The van der Waals surface area contributed by atoms with Gasteiger partial charge in [-0.1, -0.05) is 156 Å². The van der Waals surface area contributed by atoms with Gasteiger partial charge in [0.05, 0.1) is 0 Å². The first-order chi connectivity index (χ1) is 20.7. The quantitative estimate of drug-likeness (QED) is 0.177. The third-order valence-corrected chi connectivity index (χ3v) is 9.61. The van der Waals surface area contributed by atoms with Crippen molar-refractivity contribution < 1.29 is 0 Å². The fourth-order valence-electron chi connectivity index (χ4n) is 5.83. The number of rotatable bonds is 7. The molecular weight excluding hydrogens is 537 g/mol. The van der Waals surface area contributed by atoms with Crippen LogP contribution in [0.1, 0.15) is 51.3 Å². The van der Waals surface area contributed by atoms with Crippen LogP contribution in [0.2, 0.25) is 0 Å². The van der Waals surface area contributed by atoms with E-state index in [2.05, 4.69) is 174 Å². The topological polar surface area (TPSA) is 0 Å². The molecule has 0 N–H and O–H groups in total. The van der Waals surface area contributed by atoms with Crippen LogP contribution in [0.5, 0.6) is 0 Å². The molecule has 0 amide bonds. The van der Waals surface area contributed by atoms with Gasteiger partial charge in [0.2, 0.25) is 0 Å². The summed E-state index contributed by atoms with van der Waals surface area (Å²) >= 11 is 1.86. The molecule has 43 heavy (non-hydrogen) atoms. The molecule has 0 unspecified atom stereocenters. The molecular formula is C42H40S. The lowest BCUT2D eigenvalue weighted by atomic mass is 9.78. The van der Waals surface area contributed by atoms with E-state index >= 15 is 0 Å². The summed E-state index contributed by atoms with van der Waals surface area (Å²) in [6, 6.07) is 51.3. The zero-order chi connectivity index (χ0) is 30.0. The molecule has 1 heterocycles. The summed E-state index contributed by atoms with van der Waals surface area (Å²) in [5.41, 5.74) is 11.8. The summed E-state index contributed by atoms with van der Waals surface area (Å²) in [7, 11) is 0. The van der Waals surface area contributed by atoms with Crippen molar-refractivity contribution in [3.63, 3.8) is 0 Å². The lowest BCUT2D eigenvalue weighted by Gasteiger charge is -2.26. The summed E-state index contributed by atoms with van der Waals surface area (Å²) in [5, 5.41) is 0. The molecule has 1 heteroatoms. The standard InChI is InChI=1S/C42H40S/c1-41(2,3)38-27-35(31-14-8-6-9-15-31)26-36(28-38)34-18-12-13-30(25-34)29-42(4,5)37-21-19-33(20-22-37)40-24-23-39(43-40)32-16-10-7-11-17-32/h6-28H,29H2,1-5H3. The smallest absolute Gasteiger partial charge is 0.0349 e. The minimum Gasteiger partial charge on any atom is -0.135 e. The first-order valence-electron chi connectivity index (χ1n) is 15.2. The van der Waals surface area contributed by atoms with E-state index in [1.165, 1.54) is 59.8 Å². The number of benzene rings is 5. The molecule has 0 saturated heterocycles. The molecule has 0 radical (unpaired) electrons. The van der Waals surface area contributed by atoms with Gasteiger partial charge < -0.3 is 0 Å². The van der Waals surface area contributed by atoms with Crippen molar-refractivity contribution in [3.8, 4) is 43.1 Å². The minimum atomic E-state index is 0.00423. The van der Waals surface area contributed by atoms with Gasteiger partial charge in [-0.15, -0.1) is 11.3 Å². The molecule has 1 aromatic heterocycles. The maximum Gasteiger partial charge on any atom is 0.0349 e. The molecule has 6 aromatic rings. The molecule has 0 aliphatic rings. The van der Waals surface area contributed by atoms with Crippen LogP contribution in [-0.2, 0) is 17.3 Å². The van der Waals surface area contributed by atoms with Crippen LogP contribution in [-0.4, -0.2) is 0 Å². The van der Waals surface area contributed by atoms with Crippen LogP contribution in [0.4, 0.5) is 0 Å². The Kier molecular flexibility index (Phi) is 7.95. The second kappa shape index (κ2) is 11.8. The van der Waals surface area contributed by atoms with Crippen LogP contribution < -0.4 is 0 Å². The molecule has 6 rings (SSSR count). The second-order valence-electron chi connectivity index (χ2n) is 13.3. The Hall–Kier alpha value is -4.20. The van der Waals surface area contributed by atoms with Gasteiger partial charge in [-0.2, -0.15) is 0 Å². The van der Waals surface area contributed by atoms with Gasteiger partial charge in [0.1, 0.15) is 0 Å². The van der Waals surface area contributed by atoms with Crippen molar-refractivity contribution in [2.45, 2.75) is 51.9 Å². The highest BCUT2D eigenvalue weighted by Gasteiger charge is 2.22. The van der Waals surface area contributed by atoms with E-state index in [1.54, 1.807) is 0 Å². The van der Waals surface area contributed by atoms with E-state index < -0.39 is 0 Å². The molecule has 0 aliphatic heterocycles. The van der Waals surface area contributed by atoms with Crippen molar-refractivity contribution in [3.05, 3.63) is 156 Å². The van der Waals surface area contributed by atoms with Gasteiger partial charge in [-0.05, 0) is 85.5 Å². The molecule has 5 aromatic carbocycles. The van der Waals surface area contributed by atoms with Crippen LogP contribution in [0.25, 0.3) is 43.1 Å². The average molecular weight is 577 g/mol. The summed E-state index contributed by atoms with van der Waals surface area (Å²) in [6.45, 7) is 11.6. The van der Waals surface area contributed by atoms with E-state index in [4.69, 9.17) is 0 Å². The molecule has 214 valence electrons. The Morgan fingerprint density at radius 3 is 1.56 bits per heavy atom. The third kappa shape index (κ3) is 6.58. The van der Waals surface area contributed by atoms with E-state index in [1.807, 2.05) is 11.3 Å². The highest BCUT2D eigenvalue weighted by molar-refractivity contribution is 7.18. The maximum atomic E-state index is 2.39. The first-order valence-corrected chi connectivity index (χ1v) is 16.0. The highest BCUT2D eigenvalue weighted by atomic mass is 32.1. The van der Waals surface area contributed by atoms with Crippen molar-refractivity contribution in [1.82, 2.24) is 0 Å². The molecule has 0 nitrogen and oxygen atoms in total. The number of thiophene rings is 1. The second-order valence-corrected chi connectivity index (χ2v) is 14.4. The van der Waals surface area contributed by atoms with Crippen LogP contribution in [0, 0.1) is 0 Å². The normalized spacial score (nSPS) is 11.9. The van der Waals surface area contributed by atoms with E-state index in [0.29, 0.717) is 0 Å². The van der Waals surface area contributed by atoms with Crippen molar-refractivity contribution in [2.24, 2.45) is 0 Å². The Morgan fingerprint density at radius 1 is 0.419 bits per heavy atom. The van der Waals surface area contributed by atoms with Gasteiger partial charge in [0.25, 0.3) is 0 Å². The third-order valence-electron chi connectivity index (χ3n) is 8.43. The molecule has 0 aliphatic carbocycles. The Balaban J connectivity index is 1.25. The molecule has 0 bridgehead atoms. The summed E-state index contributed by atoms with van der Waals surface area (Å²) < 4.78 is 0. The monoisotopic (exact) mass is 576 g/mol. The van der Waals surface area contributed by atoms with Crippen molar-refractivity contribution in [1.29, 1.82) is 0 Å². The SMILES string of the molecule is CC(C)(C)c1cc(-c2ccccc2)cc(-c2cccc(CC(C)(C)c3ccc(-c4ccc(-c5ccccc5)s4)cc3)c2)c1. The Bertz CT molecular complexity index is 1810. The van der Waals surface area contributed by atoms with Crippen molar-refractivity contribution >= 4 is 11.3 Å². The lowest BCUT2D eigenvalue weighted by molar-refractivity contribution is 0.522. The summed E-state index contributed by atoms with van der Waals surface area (Å²) in [5.74, 6) is 0. The van der Waals surface area contributed by atoms with Gasteiger partial charge in [0, 0.05) is 9.75 Å². The van der Waals surface area contributed by atoms with Crippen LogP contribution >= 0.6 is 11.3 Å². The molecule has 0 atom stereocenters.